The Morgan fingerprint density at radius 3 is 2.72 bits per heavy atom. The second-order valence-electron chi connectivity index (χ2n) is 6.68. The molecule has 142 valence electrons. The van der Waals surface area contributed by atoms with Crippen LogP contribution in [0.2, 0.25) is 5.02 Å². The van der Waals surface area contributed by atoms with Crippen molar-refractivity contribution in [2.45, 2.75) is 6.92 Å². The van der Waals surface area contributed by atoms with Crippen LogP contribution in [0.15, 0.2) is 64.3 Å². The van der Waals surface area contributed by atoms with Gasteiger partial charge in [0.05, 0.1) is 28.4 Å². The van der Waals surface area contributed by atoms with E-state index in [1.54, 1.807) is 48.5 Å². The summed E-state index contributed by atoms with van der Waals surface area (Å²) >= 11 is 6.05. The Balaban J connectivity index is 1.75. The van der Waals surface area contributed by atoms with Gasteiger partial charge < -0.3 is 0 Å². The summed E-state index contributed by atoms with van der Waals surface area (Å²) in [6, 6.07) is 14.1. The Labute approximate surface area is 168 Å². The summed E-state index contributed by atoms with van der Waals surface area (Å²) in [5.41, 5.74) is 2.29. The summed E-state index contributed by atoms with van der Waals surface area (Å²) in [7, 11) is 0. The molecule has 5 aromatic rings. The standard InChI is InChI=1S/C21H14ClN5O2/c1-12-17(21(29)26(25-12)15-6-4-5-14(22)10-15)9-13-11-23-27-19(13)24-18-8-3-2-7-16(18)20(27)28/h2-11,25H,1H3. The quantitative estimate of drug-likeness (QED) is 0.490. The van der Waals surface area contributed by atoms with Gasteiger partial charge in [0, 0.05) is 15.9 Å². The molecule has 3 aromatic heterocycles. The van der Waals surface area contributed by atoms with Crippen LogP contribution in [0, 0.1) is 6.92 Å². The number of nitrogens with one attached hydrogen (secondary N) is 1. The second kappa shape index (κ2) is 6.42. The molecule has 0 spiro atoms. The Bertz CT molecular complexity index is 1580. The minimum atomic E-state index is -0.243. The highest BCUT2D eigenvalue weighted by Gasteiger charge is 2.13. The summed E-state index contributed by atoms with van der Waals surface area (Å²) in [5.74, 6) is 0. The molecule has 3 heterocycles. The number of aromatic nitrogens is 5. The van der Waals surface area contributed by atoms with Crippen LogP contribution in [0.3, 0.4) is 0 Å². The second-order valence-corrected chi connectivity index (χ2v) is 7.12. The van der Waals surface area contributed by atoms with Gasteiger partial charge in [-0.25, -0.2) is 9.67 Å². The lowest BCUT2D eigenvalue weighted by molar-refractivity contribution is 0.835. The van der Waals surface area contributed by atoms with Gasteiger partial charge in [-0.1, -0.05) is 29.8 Å². The number of para-hydroxylation sites is 1. The molecule has 0 saturated heterocycles. The van der Waals surface area contributed by atoms with E-state index in [9.17, 15) is 9.59 Å². The first-order valence-electron chi connectivity index (χ1n) is 8.89. The topological polar surface area (TPSA) is 85.0 Å². The van der Waals surface area contributed by atoms with Crippen molar-refractivity contribution < 1.29 is 0 Å². The van der Waals surface area contributed by atoms with E-state index < -0.39 is 0 Å². The van der Waals surface area contributed by atoms with Crippen LogP contribution in [0.5, 0.6) is 0 Å². The van der Waals surface area contributed by atoms with Gasteiger partial charge in [0.1, 0.15) is 0 Å². The first kappa shape index (κ1) is 17.4. The largest absolute Gasteiger partial charge is 0.295 e. The van der Waals surface area contributed by atoms with E-state index in [4.69, 9.17) is 11.6 Å². The monoisotopic (exact) mass is 403 g/mol. The third-order valence-electron chi connectivity index (χ3n) is 4.81. The SMILES string of the molecule is Cc1[nH]n(-c2cccc(Cl)c2)c(=O)c1C=c1cnn2c(=O)c3ccccc3nc12. The molecule has 0 fully saturated rings. The highest BCUT2D eigenvalue weighted by Crippen LogP contribution is 2.14. The number of benzene rings is 2. The molecular weight excluding hydrogens is 390 g/mol. The zero-order chi connectivity index (χ0) is 20.1. The minimum absolute atomic E-state index is 0.229. The third kappa shape index (κ3) is 2.75. The lowest BCUT2D eigenvalue weighted by atomic mass is 10.2. The van der Waals surface area contributed by atoms with E-state index in [-0.39, 0.29) is 11.1 Å². The van der Waals surface area contributed by atoms with Crippen LogP contribution < -0.4 is 16.3 Å². The van der Waals surface area contributed by atoms with Crippen LogP contribution in [0.1, 0.15) is 11.3 Å². The maximum atomic E-state index is 13.0. The molecule has 0 amide bonds. The first-order valence-corrected chi connectivity index (χ1v) is 9.26. The molecule has 0 aliphatic rings. The molecular formula is C21H14ClN5O2. The van der Waals surface area contributed by atoms with Crippen molar-refractivity contribution in [3.63, 3.8) is 0 Å². The Morgan fingerprint density at radius 2 is 1.90 bits per heavy atom. The molecule has 0 bridgehead atoms. The van der Waals surface area contributed by atoms with Gasteiger partial charge in [0.2, 0.25) is 0 Å². The van der Waals surface area contributed by atoms with E-state index in [0.29, 0.717) is 43.7 Å². The van der Waals surface area contributed by atoms with E-state index in [0.717, 1.165) is 0 Å². The van der Waals surface area contributed by atoms with Crippen LogP contribution in [0.25, 0.3) is 28.3 Å². The van der Waals surface area contributed by atoms with E-state index in [1.165, 1.54) is 15.4 Å². The number of rotatable bonds is 2. The fourth-order valence-electron chi connectivity index (χ4n) is 3.38. The van der Waals surface area contributed by atoms with Crippen molar-refractivity contribution in [2.24, 2.45) is 0 Å². The predicted molar refractivity (Wildman–Crippen MR) is 112 cm³/mol. The van der Waals surface area contributed by atoms with Crippen molar-refractivity contribution in [2.75, 3.05) is 0 Å². The fourth-order valence-corrected chi connectivity index (χ4v) is 3.56. The van der Waals surface area contributed by atoms with E-state index in [2.05, 4.69) is 15.2 Å². The molecule has 0 radical (unpaired) electrons. The number of fused-ring (bicyclic) bond motifs is 2. The van der Waals surface area contributed by atoms with Gasteiger partial charge in [-0.2, -0.15) is 9.61 Å². The average Bonchev–Trinajstić information content (AvgIpc) is 3.24. The zero-order valence-corrected chi connectivity index (χ0v) is 16.0. The van der Waals surface area contributed by atoms with Crippen LogP contribution in [-0.2, 0) is 0 Å². The molecule has 0 aliphatic carbocycles. The van der Waals surface area contributed by atoms with Crippen molar-refractivity contribution in [1.29, 1.82) is 0 Å². The average molecular weight is 404 g/mol. The van der Waals surface area contributed by atoms with Gasteiger partial charge in [-0.05, 0) is 43.3 Å². The number of aryl methyl sites for hydroxylation is 1. The number of aromatic amines is 1. The Hall–Kier alpha value is -3.71. The molecule has 1 N–H and O–H groups in total. The number of hydrogen-bond acceptors (Lipinski definition) is 4. The zero-order valence-electron chi connectivity index (χ0n) is 15.3. The molecule has 0 unspecified atom stereocenters. The van der Waals surface area contributed by atoms with Crippen molar-refractivity contribution in [3.05, 3.63) is 96.9 Å². The summed E-state index contributed by atoms with van der Waals surface area (Å²) in [4.78, 5) is 30.2. The number of nitrogens with zero attached hydrogens (tertiary/aromatic N) is 4. The smallest absolute Gasteiger partial charge is 0.282 e. The number of halogens is 1. The Morgan fingerprint density at radius 1 is 1.07 bits per heavy atom. The third-order valence-corrected chi connectivity index (χ3v) is 5.04. The van der Waals surface area contributed by atoms with Crippen LogP contribution in [-0.4, -0.2) is 24.4 Å². The summed E-state index contributed by atoms with van der Waals surface area (Å²) < 4.78 is 2.69. The lowest BCUT2D eigenvalue weighted by Gasteiger charge is -2.01. The van der Waals surface area contributed by atoms with E-state index >= 15 is 0 Å². The van der Waals surface area contributed by atoms with Gasteiger partial charge in [-0.15, -0.1) is 0 Å². The molecule has 7 nitrogen and oxygen atoms in total. The molecule has 29 heavy (non-hydrogen) atoms. The maximum Gasteiger partial charge on any atom is 0.282 e. The van der Waals surface area contributed by atoms with Crippen LogP contribution in [0.4, 0.5) is 0 Å². The highest BCUT2D eigenvalue weighted by atomic mass is 35.5. The predicted octanol–water partition coefficient (Wildman–Crippen LogP) is 2.23. The minimum Gasteiger partial charge on any atom is -0.295 e. The normalized spacial score (nSPS) is 12.3. The van der Waals surface area contributed by atoms with Gasteiger partial charge in [-0.3, -0.25) is 14.7 Å². The Kier molecular flexibility index (Phi) is 3.85. The molecule has 0 saturated carbocycles. The van der Waals surface area contributed by atoms with Crippen molar-refractivity contribution in [1.82, 2.24) is 24.4 Å². The molecule has 8 heteroatoms. The first-order chi connectivity index (χ1) is 14.0. The lowest BCUT2D eigenvalue weighted by Crippen LogP contribution is -2.18. The van der Waals surface area contributed by atoms with Crippen LogP contribution >= 0.6 is 11.6 Å². The van der Waals surface area contributed by atoms with Gasteiger partial charge in [0.25, 0.3) is 11.1 Å². The van der Waals surface area contributed by atoms with Crippen molar-refractivity contribution >= 4 is 34.2 Å². The summed E-state index contributed by atoms with van der Waals surface area (Å²) in [5, 5.41) is 8.86. The molecule has 5 rings (SSSR count). The summed E-state index contributed by atoms with van der Waals surface area (Å²) in [6.07, 6.45) is 3.23. The van der Waals surface area contributed by atoms with Gasteiger partial charge in [0.15, 0.2) is 5.65 Å². The molecule has 0 atom stereocenters. The van der Waals surface area contributed by atoms with Gasteiger partial charge >= 0.3 is 0 Å². The van der Waals surface area contributed by atoms with Crippen molar-refractivity contribution in [3.8, 4) is 5.69 Å². The maximum absolute atomic E-state index is 13.0. The molecule has 0 aliphatic heterocycles. The van der Waals surface area contributed by atoms with E-state index in [1.807, 2.05) is 13.0 Å². The number of H-pyrrole nitrogens is 1. The highest BCUT2D eigenvalue weighted by molar-refractivity contribution is 6.30. The fraction of sp³-hybridized carbons (Fsp3) is 0.0476. The number of hydrogen-bond donors (Lipinski definition) is 1. The summed E-state index contributed by atoms with van der Waals surface area (Å²) in [6.45, 7) is 1.81. The molecule has 2 aromatic carbocycles.